The molecule has 2 N–H and O–H groups in total. The fourth-order valence-electron chi connectivity index (χ4n) is 3.74. The minimum Gasteiger partial charge on any atom is -0.497 e. The minimum atomic E-state index is -0.461. The fourth-order valence-corrected chi connectivity index (χ4v) is 4.55. The number of benzene rings is 2. The van der Waals surface area contributed by atoms with Crippen LogP contribution in [0.2, 0.25) is 0 Å². The first-order chi connectivity index (χ1) is 15.0. The number of H-pyrrole nitrogens is 1. The van der Waals surface area contributed by atoms with E-state index in [0.29, 0.717) is 33.8 Å². The molecule has 2 heterocycles. The minimum absolute atomic E-state index is 0.135. The second kappa shape index (κ2) is 8.85. The Labute approximate surface area is 184 Å². The lowest BCUT2D eigenvalue weighted by Gasteiger charge is -2.26. The molecular weight excluding hydrogens is 414 g/mol. The maximum atomic E-state index is 13.0. The zero-order valence-corrected chi connectivity index (χ0v) is 18.3. The highest BCUT2D eigenvalue weighted by atomic mass is 32.2. The van der Waals surface area contributed by atoms with Crippen LogP contribution in [0.4, 0.5) is 5.82 Å². The van der Waals surface area contributed by atoms with Gasteiger partial charge in [0.1, 0.15) is 17.3 Å². The molecule has 4 rings (SSSR count). The summed E-state index contributed by atoms with van der Waals surface area (Å²) < 4.78 is 10.8. The number of carbonyl (C=O) groups is 1. The highest BCUT2D eigenvalue weighted by Gasteiger charge is 2.32. The highest BCUT2D eigenvalue weighted by molar-refractivity contribution is 7.98. The van der Waals surface area contributed by atoms with Gasteiger partial charge in [0, 0.05) is 29.7 Å². The van der Waals surface area contributed by atoms with Crippen molar-refractivity contribution >= 4 is 23.5 Å². The molecule has 2 aromatic carbocycles. The van der Waals surface area contributed by atoms with Crippen LogP contribution in [0.5, 0.6) is 11.5 Å². The molecule has 7 nitrogen and oxygen atoms in total. The van der Waals surface area contributed by atoms with Crippen molar-refractivity contribution < 1.29 is 14.3 Å². The van der Waals surface area contributed by atoms with E-state index in [4.69, 9.17) is 9.47 Å². The average molecular weight is 438 g/mol. The molecule has 0 unspecified atom stereocenters. The number of carbonyl (C=O) groups excluding carboxylic acids is 1. The van der Waals surface area contributed by atoms with Gasteiger partial charge in [0.05, 0.1) is 19.8 Å². The second-order valence-corrected chi connectivity index (χ2v) is 8.29. The van der Waals surface area contributed by atoms with E-state index in [-0.39, 0.29) is 17.9 Å². The van der Waals surface area contributed by atoms with E-state index in [9.17, 15) is 9.59 Å². The summed E-state index contributed by atoms with van der Waals surface area (Å²) in [4.78, 5) is 32.9. The van der Waals surface area contributed by atoms with Crippen LogP contribution in [0.15, 0.2) is 52.4 Å². The Balaban J connectivity index is 1.68. The molecule has 1 aromatic heterocycles. The van der Waals surface area contributed by atoms with E-state index in [1.165, 1.54) is 17.3 Å². The van der Waals surface area contributed by atoms with Crippen molar-refractivity contribution in [3.05, 3.63) is 75.1 Å². The molecule has 0 spiro atoms. The van der Waals surface area contributed by atoms with Crippen LogP contribution in [-0.4, -0.2) is 30.1 Å². The number of aromatic nitrogens is 2. The number of ether oxygens (including phenoxy) is 2. The smallest absolute Gasteiger partial charge is 0.257 e. The van der Waals surface area contributed by atoms with Gasteiger partial charge in [0.2, 0.25) is 5.91 Å². The lowest BCUT2D eigenvalue weighted by molar-refractivity contribution is -0.116. The molecule has 0 radical (unpaired) electrons. The summed E-state index contributed by atoms with van der Waals surface area (Å²) in [6.45, 7) is 2.04. The number of rotatable bonds is 6. The van der Waals surface area contributed by atoms with Crippen LogP contribution in [0.1, 0.15) is 34.6 Å². The number of nitrogens with zero attached hydrogens (tertiary/aromatic N) is 1. The zero-order chi connectivity index (χ0) is 22.0. The molecule has 0 fully saturated rings. The standard InChI is InChI=1S/C23H23N3O4S/c1-13-5-4-6-14(9-13)12-31-23-25-21-20(22(28)26-23)17(11-19(27)24-21)16-8-7-15(29-2)10-18(16)30-3/h4-10,17H,11-12H2,1-3H3,(H2,24,25,26,27,28)/t17-/m1/s1. The summed E-state index contributed by atoms with van der Waals surface area (Å²) >= 11 is 1.42. The fraction of sp³-hybridized carbons (Fsp3) is 0.261. The molecule has 0 saturated heterocycles. The van der Waals surface area contributed by atoms with Crippen molar-refractivity contribution in [3.8, 4) is 11.5 Å². The molecule has 1 aliphatic heterocycles. The molecule has 160 valence electrons. The van der Waals surface area contributed by atoms with E-state index in [1.54, 1.807) is 26.4 Å². The third kappa shape index (κ3) is 4.44. The monoisotopic (exact) mass is 437 g/mol. The Morgan fingerprint density at radius 1 is 1.13 bits per heavy atom. The third-order valence-corrected chi connectivity index (χ3v) is 6.15. The van der Waals surface area contributed by atoms with Crippen LogP contribution < -0.4 is 20.3 Å². The van der Waals surface area contributed by atoms with E-state index in [1.807, 2.05) is 31.2 Å². The van der Waals surface area contributed by atoms with Crippen molar-refractivity contribution in [1.29, 1.82) is 0 Å². The number of fused-ring (bicyclic) bond motifs is 1. The number of thioether (sulfide) groups is 1. The Hall–Kier alpha value is -3.26. The molecule has 3 aromatic rings. The van der Waals surface area contributed by atoms with Crippen molar-refractivity contribution in [2.75, 3.05) is 19.5 Å². The van der Waals surface area contributed by atoms with Gasteiger partial charge in [-0.15, -0.1) is 0 Å². The first kappa shape index (κ1) is 21.0. The largest absolute Gasteiger partial charge is 0.497 e. The SMILES string of the molecule is COc1ccc([C@H]2CC(=O)Nc3nc(SCc4cccc(C)c4)[nH]c(=O)c32)c(OC)c1. The Morgan fingerprint density at radius 2 is 1.97 bits per heavy atom. The Kier molecular flexibility index (Phi) is 5.99. The summed E-state index contributed by atoms with van der Waals surface area (Å²) in [5.74, 6) is 1.50. The predicted molar refractivity (Wildman–Crippen MR) is 120 cm³/mol. The molecular formula is C23H23N3O4S. The zero-order valence-electron chi connectivity index (χ0n) is 17.5. The van der Waals surface area contributed by atoms with E-state index in [0.717, 1.165) is 11.1 Å². The molecule has 1 atom stereocenters. The normalized spacial score (nSPS) is 15.2. The van der Waals surface area contributed by atoms with Crippen LogP contribution >= 0.6 is 11.8 Å². The molecule has 1 aliphatic rings. The van der Waals surface area contributed by atoms with Gasteiger partial charge in [-0.25, -0.2) is 4.98 Å². The molecule has 1 amide bonds. The topological polar surface area (TPSA) is 93.3 Å². The maximum absolute atomic E-state index is 13.0. The van der Waals surface area contributed by atoms with E-state index >= 15 is 0 Å². The van der Waals surface area contributed by atoms with Gasteiger partial charge in [-0.2, -0.15) is 0 Å². The predicted octanol–water partition coefficient (Wildman–Crippen LogP) is 3.86. The number of anilines is 1. The summed E-state index contributed by atoms with van der Waals surface area (Å²) in [5.41, 5.74) is 3.22. The Bertz CT molecular complexity index is 1190. The number of hydrogen-bond donors (Lipinski definition) is 2. The number of methoxy groups -OCH3 is 2. The van der Waals surface area contributed by atoms with Gasteiger partial charge in [-0.1, -0.05) is 47.7 Å². The van der Waals surface area contributed by atoms with Crippen LogP contribution in [0, 0.1) is 6.92 Å². The molecule has 31 heavy (non-hydrogen) atoms. The second-order valence-electron chi connectivity index (χ2n) is 7.32. The number of nitrogens with one attached hydrogen (secondary N) is 2. The van der Waals surface area contributed by atoms with E-state index in [2.05, 4.69) is 21.4 Å². The number of hydrogen-bond acceptors (Lipinski definition) is 6. The van der Waals surface area contributed by atoms with Gasteiger partial charge in [-0.05, 0) is 18.6 Å². The first-order valence-electron chi connectivity index (χ1n) is 9.83. The maximum Gasteiger partial charge on any atom is 0.257 e. The summed E-state index contributed by atoms with van der Waals surface area (Å²) in [7, 11) is 3.12. The quantitative estimate of drug-likeness (QED) is 0.449. The van der Waals surface area contributed by atoms with Gasteiger partial charge < -0.3 is 19.8 Å². The van der Waals surface area contributed by atoms with Gasteiger partial charge in [0.15, 0.2) is 5.16 Å². The summed E-state index contributed by atoms with van der Waals surface area (Å²) in [5, 5.41) is 3.22. The van der Waals surface area contributed by atoms with Gasteiger partial charge >= 0.3 is 0 Å². The van der Waals surface area contributed by atoms with Crippen molar-refractivity contribution in [1.82, 2.24) is 9.97 Å². The lowest BCUT2D eigenvalue weighted by atomic mass is 9.86. The average Bonchev–Trinajstić information content (AvgIpc) is 2.76. The van der Waals surface area contributed by atoms with E-state index < -0.39 is 5.92 Å². The summed E-state index contributed by atoms with van der Waals surface area (Å²) in [6.07, 6.45) is 0.135. The highest BCUT2D eigenvalue weighted by Crippen LogP contribution is 2.40. The molecule has 0 bridgehead atoms. The number of aromatic amines is 1. The van der Waals surface area contributed by atoms with Gasteiger partial charge in [-0.3, -0.25) is 9.59 Å². The summed E-state index contributed by atoms with van der Waals surface area (Å²) in [6, 6.07) is 13.5. The number of aryl methyl sites for hydroxylation is 1. The van der Waals surface area contributed by atoms with Crippen LogP contribution in [0.3, 0.4) is 0 Å². The van der Waals surface area contributed by atoms with Crippen molar-refractivity contribution in [2.24, 2.45) is 0 Å². The number of amides is 1. The van der Waals surface area contributed by atoms with Gasteiger partial charge in [0.25, 0.3) is 5.56 Å². The Morgan fingerprint density at radius 3 is 2.71 bits per heavy atom. The van der Waals surface area contributed by atoms with Crippen molar-refractivity contribution in [3.63, 3.8) is 0 Å². The molecule has 0 saturated carbocycles. The third-order valence-electron chi connectivity index (χ3n) is 5.20. The van der Waals surface area contributed by atoms with Crippen LogP contribution in [-0.2, 0) is 10.5 Å². The molecule has 8 heteroatoms. The lowest BCUT2D eigenvalue weighted by Crippen LogP contribution is -2.31. The first-order valence-corrected chi connectivity index (χ1v) is 10.8. The molecule has 0 aliphatic carbocycles. The van der Waals surface area contributed by atoms with Crippen LogP contribution in [0.25, 0.3) is 0 Å². The van der Waals surface area contributed by atoms with Crippen molar-refractivity contribution in [2.45, 2.75) is 30.2 Å².